The molecular weight excluding hydrogens is 250 g/mol. The Morgan fingerprint density at radius 3 is 2.89 bits per heavy atom. The van der Waals surface area contributed by atoms with E-state index in [0.717, 1.165) is 16.9 Å². The van der Waals surface area contributed by atoms with Crippen LogP contribution in [0.25, 0.3) is 0 Å². The molecule has 1 amide bonds. The molecular formula is C12H13N3O2S. The van der Waals surface area contributed by atoms with E-state index in [4.69, 9.17) is 5.73 Å². The van der Waals surface area contributed by atoms with Gasteiger partial charge in [0.25, 0.3) is 5.91 Å². The lowest BCUT2D eigenvalue weighted by Crippen LogP contribution is -2.23. The Bertz CT molecular complexity index is 630. The fraction of sp³-hybridized carbons (Fsp3) is 0.167. The summed E-state index contributed by atoms with van der Waals surface area (Å²) in [6, 6.07) is 5.12. The van der Waals surface area contributed by atoms with E-state index in [9.17, 15) is 9.59 Å². The quantitative estimate of drug-likeness (QED) is 0.728. The number of hydrogen-bond donors (Lipinski definition) is 3. The highest BCUT2D eigenvalue weighted by molar-refractivity contribution is 7.07. The van der Waals surface area contributed by atoms with Gasteiger partial charge in [0.2, 0.25) is 0 Å². The predicted octanol–water partition coefficient (Wildman–Crippen LogP) is 1.26. The van der Waals surface area contributed by atoms with Gasteiger partial charge in [0, 0.05) is 22.3 Å². The molecule has 1 heterocycles. The van der Waals surface area contributed by atoms with E-state index in [1.54, 1.807) is 23.6 Å². The van der Waals surface area contributed by atoms with Crippen molar-refractivity contribution in [2.75, 3.05) is 5.73 Å². The summed E-state index contributed by atoms with van der Waals surface area (Å²) in [6.07, 6.45) is 0. The van der Waals surface area contributed by atoms with Crippen LogP contribution in [0.1, 0.15) is 21.6 Å². The Labute approximate surface area is 108 Å². The lowest BCUT2D eigenvalue weighted by molar-refractivity contribution is 0.0950. The van der Waals surface area contributed by atoms with Gasteiger partial charge in [-0.05, 0) is 30.7 Å². The minimum atomic E-state index is -0.190. The fourth-order valence-electron chi connectivity index (χ4n) is 1.50. The van der Waals surface area contributed by atoms with E-state index in [2.05, 4.69) is 10.3 Å². The van der Waals surface area contributed by atoms with Gasteiger partial charge in [-0.25, -0.2) is 0 Å². The number of aromatic amines is 1. The molecule has 0 saturated carbocycles. The molecule has 4 N–H and O–H groups in total. The molecule has 0 spiro atoms. The first-order valence-corrected chi connectivity index (χ1v) is 6.25. The normalized spacial score (nSPS) is 10.3. The van der Waals surface area contributed by atoms with E-state index < -0.39 is 0 Å². The molecule has 0 unspecified atom stereocenters. The number of nitrogen functional groups attached to an aromatic ring is 1. The van der Waals surface area contributed by atoms with Gasteiger partial charge in [0.15, 0.2) is 0 Å². The summed E-state index contributed by atoms with van der Waals surface area (Å²) in [6.45, 7) is 2.16. The number of anilines is 1. The summed E-state index contributed by atoms with van der Waals surface area (Å²) < 4.78 is 0. The number of aryl methyl sites for hydroxylation is 1. The highest BCUT2D eigenvalue weighted by Gasteiger charge is 2.07. The van der Waals surface area contributed by atoms with Crippen LogP contribution in [0.5, 0.6) is 0 Å². The van der Waals surface area contributed by atoms with Gasteiger partial charge < -0.3 is 16.0 Å². The molecule has 0 atom stereocenters. The Kier molecular flexibility index (Phi) is 3.47. The van der Waals surface area contributed by atoms with Gasteiger partial charge in [0.1, 0.15) is 0 Å². The van der Waals surface area contributed by atoms with Crippen molar-refractivity contribution in [2.24, 2.45) is 0 Å². The van der Waals surface area contributed by atoms with Crippen molar-refractivity contribution in [2.45, 2.75) is 13.5 Å². The molecule has 0 bridgehead atoms. The molecule has 0 aliphatic carbocycles. The zero-order valence-corrected chi connectivity index (χ0v) is 10.6. The Balaban J connectivity index is 2.03. The molecule has 0 fully saturated rings. The number of rotatable bonds is 3. The van der Waals surface area contributed by atoms with Crippen LogP contribution < -0.4 is 15.9 Å². The van der Waals surface area contributed by atoms with Crippen LogP contribution in [0.3, 0.4) is 0 Å². The average molecular weight is 263 g/mol. The van der Waals surface area contributed by atoms with E-state index in [1.165, 1.54) is 0 Å². The number of nitrogens with one attached hydrogen (secondary N) is 2. The molecule has 2 aromatic rings. The molecule has 1 aromatic carbocycles. The number of carbonyl (C=O) groups excluding carboxylic acids is 1. The Hall–Kier alpha value is -2.08. The number of H-pyrrole nitrogens is 1. The van der Waals surface area contributed by atoms with E-state index in [1.807, 2.05) is 6.92 Å². The van der Waals surface area contributed by atoms with Crippen LogP contribution in [0, 0.1) is 6.92 Å². The maximum Gasteiger partial charge on any atom is 0.304 e. The maximum atomic E-state index is 11.8. The summed E-state index contributed by atoms with van der Waals surface area (Å²) >= 11 is 1.08. The number of carbonyl (C=O) groups is 1. The Morgan fingerprint density at radius 2 is 2.28 bits per heavy atom. The lowest BCUT2D eigenvalue weighted by Gasteiger charge is -2.06. The van der Waals surface area contributed by atoms with Crippen molar-refractivity contribution >= 4 is 22.9 Å². The predicted molar refractivity (Wildman–Crippen MR) is 71.7 cm³/mol. The van der Waals surface area contributed by atoms with Gasteiger partial charge in [-0.2, -0.15) is 0 Å². The number of benzene rings is 1. The Morgan fingerprint density at radius 1 is 1.50 bits per heavy atom. The SMILES string of the molecule is Cc1cc(C(=O)NCc2csc(=O)[nH]2)ccc1N. The minimum absolute atomic E-state index is 0.123. The first kappa shape index (κ1) is 12.4. The molecule has 1 aromatic heterocycles. The van der Waals surface area contributed by atoms with E-state index in [-0.39, 0.29) is 10.8 Å². The number of thiazole rings is 1. The monoisotopic (exact) mass is 263 g/mol. The number of hydrogen-bond acceptors (Lipinski definition) is 4. The standard InChI is InChI=1S/C12H13N3O2S/c1-7-4-8(2-3-10(7)13)11(16)14-5-9-6-18-12(17)15-9/h2-4,6H,5,13H2,1H3,(H,14,16)(H,15,17). The third-order valence-corrected chi connectivity index (χ3v) is 3.26. The summed E-state index contributed by atoms with van der Waals surface area (Å²) in [7, 11) is 0. The third kappa shape index (κ3) is 2.78. The first-order chi connectivity index (χ1) is 8.56. The van der Waals surface area contributed by atoms with Gasteiger partial charge in [-0.3, -0.25) is 9.59 Å². The molecule has 5 nitrogen and oxygen atoms in total. The lowest BCUT2D eigenvalue weighted by atomic mass is 10.1. The van der Waals surface area contributed by atoms with Gasteiger partial charge >= 0.3 is 4.87 Å². The van der Waals surface area contributed by atoms with Crippen molar-refractivity contribution in [3.8, 4) is 0 Å². The van der Waals surface area contributed by atoms with Gasteiger partial charge in [-0.15, -0.1) is 0 Å². The van der Waals surface area contributed by atoms with Crippen molar-refractivity contribution in [3.63, 3.8) is 0 Å². The van der Waals surface area contributed by atoms with Crippen LogP contribution in [0.2, 0.25) is 0 Å². The largest absolute Gasteiger partial charge is 0.399 e. The van der Waals surface area contributed by atoms with Crippen LogP contribution in [0.15, 0.2) is 28.4 Å². The van der Waals surface area contributed by atoms with Crippen LogP contribution in [-0.2, 0) is 6.54 Å². The van der Waals surface area contributed by atoms with Crippen molar-refractivity contribution < 1.29 is 4.79 Å². The summed E-state index contributed by atoms with van der Waals surface area (Å²) in [5.74, 6) is -0.190. The molecule has 0 radical (unpaired) electrons. The van der Waals surface area contributed by atoms with E-state index in [0.29, 0.717) is 23.5 Å². The second-order valence-electron chi connectivity index (χ2n) is 3.93. The molecule has 18 heavy (non-hydrogen) atoms. The van der Waals surface area contributed by atoms with E-state index >= 15 is 0 Å². The van der Waals surface area contributed by atoms with Crippen molar-refractivity contribution in [1.82, 2.24) is 10.3 Å². The van der Waals surface area contributed by atoms with Crippen LogP contribution in [-0.4, -0.2) is 10.9 Å². The van der Waals surface area contributed by atoms with Crippen molar-refractivity contribution in [1.29, 1.82) is 0 Å². The average Bonchev–Trinajstić information content (AvgIpc) is 2.75. The van der Waals surface area contributed by atoms with Gasteiger partial charge in [0.05, 0.1) is 6.54 Å². The maximum absolute atomic E-state index is 11.8. The second kappa shape index (κ2) is 5.05. The number of aromatic nitrogens is 1. The summed E-state index contributed by atoms with van der Waals surface area (Å²) in [5.41, 5.74) is 8.47. The topological polar surface area (TPSA) is 88.0 Å². The second-order valence-corrected chi connectivity index (χ2v) is 4.77. The first-order valence-electron chi connectivity index (χ1n) is 5.37. The number of nitrogens with two attached hydrogens (primary N) is 1. The summed E-state index contributed by atoms with van der Waals surface area (Å²) in [5, 5.41) is 4.42. The molecule has 2 rings (SSSR count). The summed E-state index contributed by atoms with van der Waals surface area (Å²) in [4.78, 5) is 25.3. The van der Waals surface area contributed by atoms with Crippen molar-refractivity contribution in [3.05, 3.63) is 50.1 Å². The number of amides is 1. The molecule has 0 aliphatic heterocycles. The molecule has 94 valence electrons. The zero-order chi connectivity index (χ0) is 13.1. The zero-order valence-electron chi connectivity index (χ0n) is 9.82. The third-order valence-electron chi connectivity index (χ3n) is 2.54. The van der Waals surface area contributed by atoms with Crippen LogP contribution >= 0.6 is 11.3 Å². The van der Waals surface area contributed by atoms with Crippen LogP contribution in [0.4, 0.5) is 5.69 Å². The molecule has 0 saturated heterocycles. The van der Waals surface area contributed by atoms with Gasteiger partial charge in [-0.1, -0.05) is 11.3 Å². The highest BCUT2D eigenvalue weighted by atomic mass is 32.1. The smallest absolute Gasteiger partial charge is 0.304 e. The highest BCUT2D eigenvalue weighted by Crippen LogP contribution is 2.12. The fourth-order valence-corrected chi connectivity index (χ4v) is 2.08. The molecule has 6 heteroatoms. The minimum Gasteiger partial charge on any atom is -0.399 e. The molecule has 0 aliphatic rings.